The second-order valence-corrected chi connectivity index (χ2v) is 6.75. The van der Waals surface area contributed by atoms with Crippen LogP contribution in [0.3, 0.4) is 0 Å². The van der Waals surface area contributed by atoms with Crippen LogP contribution in [0.5, 0.6) is 0 Å². The van der Waals surface area contributed by atoms with Crippen LogP contribution in [-0.4, -0.2) is 33.9 Å². The molecule has 24 heavy (non-hydrogen) atoms. The van der Waals surface area contributed by atoms with E-state index >= 15 is 0 Å². The summed E-state index contributed by atoms with van der Waals surface area (Å²) in [5.74, 6) is 1.87. The highest BCUT2D eigenvalue weighted by Gasteiger charge is 2.27. The molecule has 0 radical (unpaired) electrons. The Hall–Kier alpha value is -2.15. The van der Waals surface area contributed by atoms with Gasteiger partial charge in [-0.3, -0.25) is 9.48 Å². The number of hydrogen-bond acceptors (Lipinski definition) is 5. The summed E-state index contributed by atoms with van der Waals surface area (Å²) in [5.41, 5.74) is 1.85. The molecular formula is C17H23N5O2. The van der Waals surface area contributed by atoms with Gasteiger partial charge < -0.3 is 15.2 Å². The maximum absolute atomic E-state index is 12.1. The molecular weight excluding hydrogens is 306 g/mol. The minimum absolute atomic E-state index is 0.0672. The van der Waals surface area contributed by atoms with Gasteiger partial charge in [0, 0.05) is 30.6 Å². The van der Waals surface area contributed by atoms with Crippen molar-refractivity contribution in [2.24, 2.45) is 0 Å². The highest BCUT2D eigenvalue weighted by Crippen LogP contribution is 2.40. The lowest BCUT2D eigenvalue weighted by Gasteiger charge is -2.20. The standard InChI is InChI=1S/C17H23N5O2/c23-17(19-10-14-8-16(24-21-14)12-3-4-12)11-22-7-5-15(20-22)13-2-1-6-18-9-13/h5,7-8,12-13,18H,1-4,6,9-11H2,(H,19,23)/t13-/m1/s1. The van der Waals surface area contributed by atoms with Crippen LogP contribution in [0, 0.1) is 0 Å². The van der Waals surface area contributed by atoms with Crippen molar-refractivity contribution in [1.29, 1.82) is 0 Å². The van der Waals surface area contributed by atoms with Gasteiger partial charge in [0.1, 0.15) is 18.0 Å². The largest absolute Gasteiger partial charge is 0.361 e. The van der Waals surface area contributed by atoms with Gasteiger partial charge in [0.25, 0.3) is 0 Å². The molecule has 0 aromatic carbocycles. The summed E-state index contributed by atoms with van der Waals surface area (Å²) in [6.45, 7) is 2.69. The molecule has 0 unspecified atom stereocenters. The predicted molar refractivity (Wildman–Crippen MR) is 87.4 cm³/mol. The number of aromatic nitrogens is 3. The quantitative estimate of drug-likeness (QED) is 0.839. The third-order valence-electron chi connectivity index (χ3n) is 4.71. The summed E-state index contributed by atoms with van der Waals surface area (Å²) in [7, 11) is 0. The molecule has 0 spiro atoms. The van der Waals surface area contributed by atoms with E-state index in [1.807, 2.05) is 18.3 Å². The molecule has 7 heteroatoms. The van der Waals surface area contributed by atoms with Gasteiger partial charge in [0.05, 0.1) is 12.2 Å². The van der Waals surface area contributed by atoms with Gasteiger partial charge in [-0.25, -0.2) is 0 Å². The normalized spacial score (nSPS) is 20.9. The Kier molecular flexibility index (Phi) is 4.34. The van der Waals surface area contributed by atoms with Gasteiger partial charge in [-0.2, -0.15) is 5.10 Å². The molecule has 2 aromatic rings. The smallest absolute Gasteiger partial charge is 0.242 e. The maximum atomic E-state index is 12.1. The van der Waals surface area contributed by atoms with Crippen LogP contribution in [0.4, 0.5) is 0 Å². The Balaban J connectivity index is 1.26. The van der Waals surface area contributed by atoms with Crippen LogP contribution in [0.15, 0.2) is 22.9 Å². The van der Waals surface area contributed by atoms with Crippen LogP contribution in [0.25, 0.3) is 0 Å². The van der Waals surface area contributed by atoms with E-state index < -0.39 is 0 Å². The molecule has 1 saturated heterocycles. The molecule has 2 aliphatic rings. The second kappa shape index (κ2) is 6.76. The minimum Gasteiger partial charge on any atom is -0.361 e. The molecule has 0 bridgehead atoms. The minimum atomic E-state index is -0.0672. The monoisotopic (exact) mass is 329 g/mol. The number of rotatable bonds is 6. The van der Waals surface area contributed by atoms with E-state index in [0.29, 0.717) is 18.4 Å². The highest BCUT2D eigenvalue weighted by atomic mass is 16.5. The van der Waals surface area contributed by atoms with E-state index in [9.17, 15) is 4.79 Å². The Morgan fingerprint density at radius 3 is 3.08 bits per heavy atom. The van der Waals surface area contributed by atoms with Crippen molar-refractivity contribution in [1.82, 2.24) is 25.6 Å². The zero-order chi connectivity index (χ0) is 16.4. The number of carbonyl (C=O) groups excluding carboxylic acids is 1. The van der Waals surface area contributed by atoms with Gasteiger partial charge in [-0.1, -0.05) is 5.16 Å². The Labute approximate surface area is 140 Å². The van der Waals surface area contributed by atoms with E-state index in [1.165, 1.54) is 19.3 Å². The molecule has 2 N–H and O–H groups in total. The summed E-state index contributed by atoms with van der Waals surface area (Å²) < 4.78 is 6.99. The Bertz CT molecular complexity index is 697. The SMILES string of the molecule is O=C(Cn1ccc([C@@H]2CCCNC2)n1)NCc1cc(C2CC2)on1. The van der Waals surface area contributed by atoms with Crippen LogP contribution in [-0.2, 0) is 17.9 Å². The third-order valence-corrected chi connectivity index (χ3v) is 4.71. The van der Waals surface area contributed by atoms with E-state index in [-0.39, 0.29) is 12.5 Å². The number of nitrogens with one attached hydrogen (secondary N) is 2. The molecule has 3 heterocycles. The zero-order valence-electron chi connectivity index (χ0n) is 13.7. The lowest BCUT2D eigenvalue weighted by Crippen LogP contribution is -2.29. The molecule has 1 amide bonds. The third kappa shape index (κ3) is 3.67. The van der Waals surface area contributed by atoms with Gasteiger partial charge in [0.15, 0.2) is 0 Å². The predicted octanol–water partition coefficient (Wildman–Crippen LogP) is 1.53. The van der Waals surface area contributed by atoms with E-state index in [2.05, 4.69) is 20.9 Å². The van der Waals surface area contributed by atoms with Gasteiger partial charge in [-0.05, 0) is 38.3 Å². The summed E-state index contributed by atoms with van der Waals surface area (Å²) in [6.07, 6.45) is 6.58. The first-order valence-corrected chi connectivity index (χ1v) is 8.74. The van der Waals surface area contributed by atoms with E-state index in [1.54, 1.807) is 4.68 Å². The molecule has 2 fully saturated rings. The molecule has 7 nitrogen and oxygen atoms in total. The molecule has 1 aliphatic carbocycles. The molecule has 2 aromatic heterocycles. The highest BCUT2D eigenvalue weighted by molar-refractivity contribution is 5.75. The number of carbonyl (C=O) groups is 1. The second-order valence-electron chi connectivity index (χ2n) is 6.75. The van der Waals surface area contributed by atoms with Crippen molar-refractivity contribution in [3.8, 4) is 0 Å². The van der Waals surface area contributed by atoms with Crippen LogP contribution in [0.2, 0.25) is 0 Å². The average molecular weight is 329 g/mol. The van der Waals surface area contributed by atoms with Crippen LogP contribution >= 0.6 is 0 Å². The topological polar surface area (TPSA) is 85.0 Å². The molecule has 1 saturated carbocycles. The first kappa shape index (κ1) is 15.4. The van der Waals surface area contributed by atoms with Crippen molar-refractivity contribution in [2.45, 2.75) is 50.6 Å². The summed E-state index contributed by atoms with van der Waals surface area (Å²) in [5, 5.41) is 14.8. The molecule has 128 valence electrons. The lowest BCUT2D eigenvalue weighted by molar-refractivity contribution is -0.122. The van der Waals surface area contributed by atoms with Gasteiger partial charge in [-0.15, -0.1) is 0 Å². The Morgan fingerprint density at radius 2 is 2.29 bits per heavy atom. The molecule has 1 aliphatic heterocycles. The fourth-order valence-corrected chi connectivity index (χ4v) is 3.15. The number of hydrogen-bond donors (Lipinski definition) is 2. The number of amides is 1. The van der Waals surface area contributed by atoms with Crippen molar-refractivity contribution < 1.29 is 9.32 Å². The van der Waals surface area contributed by atoms with Gasteiger partial charge >= 0.3 is 0 Å². The summed E-state index contributed by atoms with van der Waals surface area (Å²) >= 11 is 0. The first-order valence-electron chi connectivity index (χ1n) is 8.74. The lowest BCUT2D eigenvalue weighted by atomic mass is 9.97. The van der Waals surface area contributed by atoms with E-state index in [4.69, 9.17) is 4.52 Å². The maximum Gasteiger partial charge on any atom is 0.242 e. The zero-order valence-corrected chi connectivity index (χ0v) is 13.7. The molecule has 4 rings (SSSR count). The van der Waals surface area contributed by atoms with Gasteiger partial charge in [0.2, 0.25) is 5.91 Å². The van der Waals surface area contributed by atoms with Crippen molar-refractivity contribution in [2.75, 3.05) is 13.1 Å². The van der Waals surface area contributed by atoms with E-state index in [0.717, 1.165) is 36.7 Å². The fourth-order valence-electron chi connectivity index (χ4n) is 3.15. The Morgan fingerprint density at radius 1 is 1.38 bits per heavy atom. The van der Waals surface area contributed by atoms with Crippen LogP contribution < -0.4 is 10.6 Å². The first-order chi connectivity index (χ1) is 11.8. The van der Waals surface area contributed by atoms with Crippen LogP contribution in [0.1, 0.15) is 54.7 Å². The summed E-state index contributed by atoms with van der Waals surface area (Å²) in [6, 6.07) is 3.96. The van der Waals surface area contributed by atoms with Crippen molar-refractivity contribution >= 4 is 5.91 Å². The van der Waals surface area contributed by atoms with Crippen molar-refractivity contribution in [3.05, 3.63) is 35.5 Å². The van der Waals surface area contributed by atoms with Crippen molar-refractivity contribution in [3.63, 3.8) is 0 Å². The molecule has 1 atom stereocenters. The fraction of sp³-hybridized carbons (Fsp3) is 0.588. The average Bonchev–Trinajstić information content (AvgIpc) is 3.17. The number of nitrogens with zero attached hydrogens (tertiary/aromatic N) is 3. The summed E-state index contributed by atoms with van der Waals surface area (Å²) in [4.78, 5) is 12.1. The number of piperidine rings is 1.